The first-order chi connectivity index (χ1) is 9.70. The molecule has 0 aliphatic heterocycles. The molecule has 0 spiro atoms. The fraction of sp³-hybridized carbons (Fsp3) is 0.533. The fourth-order valence-corrected chi connectivity index (χ4v) is 3.05. The van der Waals surface area contributed by atoms with Gasteiger partial charge in [-0.05, 0) is 25.3 Å². The van der Waals surface area contributed by atoms with Crippen LogP contribution in [-0.2, 0) is 6.42 Å². The van der Waals surface area contributed by atoms with Crippen LogP contribution in [0.5, 0.6) is 0 Å². The number of fused-ring (bicyclic) bond motifs is 1. The molecule has 2 aromatic rings. The van der Waals surface area contributed by atoms with E-state index >= 15 is 0 Å². The number of aryl methyl sites for hydroxylation is 1. The van der Waals surface area contributed by atoms with Crippen molar-refractivity contribution in [2.75, 3.05) is 0 Å². The highest BCUT2D eigenvalue weighted by Crippen LogP contribution is 2.32. The number of carboxylic acid groups (broad SMARTS) is 1. The summed E-state index contributed by atoms with van der Waals surface area (Å²) in [6, 6.07) is 2.06. The van der Waals surface area contributed by atoms with E-state index in [1.54, 1.807) is 12.3 Å². The molecule has 0 bridgehead atoms. The SMILES string of the molecule is CCCc1cc(C(=O)O)c2cnn(C3CCCC3)c2n1. The highest BCUT2D eigenvalue weighted by Gasteiger charge is 2.22. The molecule has 0 atom stereocenters. The Kier molecular flexibility index (Phi) is 3.42. The molecule has 1 aliphatic carbocycles. The monoisotopic (exact) mass is 273 g/mol. The molecule has 2 aromatic heterocycles. The van der Waals surface area contributed by atoms with Crippen LogP contribution in [0, 0.1) is 0 Å². The largest absolute Gasteiger partial charge is 0.478 e. The van der Waals surface area contributed by atoms with Crippen molar-refractivity contribution >= 4 is 17.0 Å². The van der Waals surface area contributed by atoms with Crippen molar-refractivity contribution in [1.29, 1.82) is 0 Å². The van der Waals surface area contributed by atoms with Gasteiger partial charge in [0.25, 0.3) is 0 Å². The number of carbonyl (C=O) groups is 1. The Hall–Kier alpha value is -1.91. The first kappa shape index (κ1) is 13.1. The molecule has 0 amide bonds. The number of pyridine rings is 1. The molecular formula is C15H19N3O2. The standard InChI is InChI=1S/C15H19N3O2/c1-2-5-10-8-12(15(19)20)13-9-16-18(14(13)17-10)11-6-3-4-7-11/h8-9,11H,2-7H2,1H3,(H,19,20). The number of hydrogen-bond donors (Lipinski definition) is 1. The highest BCUT2D eigenvalue weighted by atomic mass is 16.4. The fourth-order valence-electron chi connectivity index (χ4n) is 3.05. The quantitative estimate of drug-likeness (QED) is 0.928. The lowest BCUT2D eigenvalue weighted by molar-refractivity contribution is 0.0699. The van der Waals surface area contributed by atoms with Crippen molar-refractivity contribution in [3.8, 4) is 0 Å². The van der Waals surface area contributed by atoms with Crippen LogP contribution >= 0.6 is 0 Å². The van der Waals surface area contributed by atoms with E-state index in [9.17, 15) is 9.90 Å². The molecule has 1 saturated carbocycles. The van der Waals surface area contributed by atoms with Crippen LogP contribution < -0.4 is 0 Å². The van der Waals surface area contributed by atoms with Gasteiger partial charge in [0.05, 0.1) is 23.2 Å². The number of carboxylic acids is 1. The Morgan fingerprint density at radius 3 is 2.85 bits per heavy atom. The first-order valence-electron chi connectivity index (χ1n) is 7.31. The third kappa shape index (κ3) is 2.17. The Balaban J connectivity index is 2.16. The van der Waals surface area contributed by atoms with Gasteiger partial charge in [-0.2, -0.15) is 5.10 Å². The zero-order valence-electron chi connectivity index (χ0n) is 11.7. The molecule has 1 fully saturated rings. The minimum absolute atomic E-state index is 0.322. The number of aromatic nitrogens is 3. The minimum Gasteiger partial charge on any atom is -0.478 e. The molecule has 106 valence electrons. The maximum atomic E-state index is 11.4. The van der Waals surface area contributed by atoms with Crippen molar-refractivity contribution < 1.29 is 9.90 Å². The van der Waals surface area contributed by atoms with Crippen molar-refractivity contribution in [2.24, 2.45) is 0 Å². The smallest absolute Gasteiger partial charge is 0.336 e. The Labute approximate surface area is 117 Å². The lowest BCUT2D eigenvalue weighted by atomic mass is 10.1. The normalized spacial score (nSPS) is 16.1. The van der Waals surface area contributed by atoms with Gasteiger partial charge in [0, 0.05) is 5.69 Å². The van der Waals surface area contributed by atoms with Gasteiger partial charge >= 0.3 is 5.97 Å². The van der Waals surface area contributed by atoms with Crippen LogP contribution in [-0.4, -0.2) is 25.8 Å². The van der Waals surface area contributed by atoms with E-state index in [2.05, 4.69) is 17.0 Å². The zero-order valence-corrected chi connectivity index (χ0v) is 11.7. The van der Waals surface area contributed by atoms with Crippen LogP contribution in [0.3, 0.4) is 0 Å². The molecule has 2 heterocycles. The second kappa shape index (κ2) is 5.23. The number of nitrogens with zero attached hydrogens (tertiary/aromatic N) is 3. The average molecular weight is 273 g/mol. The second-order valence-electron chi connectivity index (χ2n) is 5.48. The molecule has 20 heavy (non-hydrogen) atoms. The van der Waals surface area contributed by atoms with Crippen molar-refractivity contribution in [3.63, 3.8) is 0 Å². The van der Waals surface area contributed by atoms with E-state index in [-0.39, 0.29) is 0 Å². The molecule has 5 heteroatoms. The van der Waals surface area contributed by atoms with Crippen LogP contribution in [0.4, 0.5) is 0 Å². The van der Waals surface area contributed by atoms with Crippen molar-refractivity contribution in [1.82, 2.24) is 14.8 Å². The predicted octanol–water partition coefficient (Wildman–Crippen LogP) is 3.20. The second-order valence-corrected chi connectivity index (χ2v) is 5.48. The van der Waals surface area contributed by atoms with Crippen LogP contribution in [0.25, 0.3) is 11.0 Å². The Bertz CT molecular complexity index is 642. The molecule has 0 aromatic carbocycles. The topological polar surface area (TPSA) is 68.0 Å². The lowest BCUT2D eigenvalue weighted by Crippen LogP contribution is -2.09. The maximum absolute atomic E-state index is 11.4. The molecule has 1 aliphatic rings. The highest BCUT2D eigenvalue weighted by molar-refractivity contribution is 6.01. The Morgan fingerprint density at radius 1 is 1.45 bits per heavy atom. The van der Waals surface area contributed by atoms with Gasteiger partial charge < -0.3 is 5.11 Å². The van der Waals surface area contributed by atoms with E-state index < -0.39 is 5.97 Å². The van der Waals surface area contributed by atoms with Gasteiger partial charge in [-0.3, -0.25) is 0 Å². The summed E-state index contributed by atoms with van der Waals surface area (Å²) in [6.45, 7) is 2.07. The van der Waals surface area contributed by atoms with E-state index in [0.717, 1.165) is 37.0 Å². The average Bonchev–Trinajstić information content (AvgIpc) is 3.06. The summed E-state index contributed by atoms with van der Waals surface area (Å²) >= 11 is 0. The molecular weight excluding hydrogens is 254 g/mol. The van der Waals surface area contributed by atoms with Crippen LogP contribution in [0.15, 0.2) is 12.3 Å². The number of hydrogen-bond acceptors (Lipinski definition) is 3. The van der Waals surface area contributed by atoms with Gasteiger partial charge in [0.15, 0.2) is 5.65 Å². The van der Waals surface area contributed by atoms with E-state index in [1.165, 1.54) is 12.8 Å². The van der Waals surface area contributed by atoms with Gasteiger partial charge in [-0.15, -0.1) is 0 Å². The summed E-state index contributed by atoms with van der Waals surface area (Å²) in [5.41, 5.74) is 1.90. The van der Waals surface area contributed by atoms with Crippen LogP contribution in [0.1, 0.15) is 61.1 Å². The maximum Gasteiger partial charge on any atom is 0.336 e. The van der Waals surface area contributed by atoms with Crippen molar-refractivity contribution in [3.05, 3.63) is 23.5 Å². The summed E-state index contributed by atoms with van der Waals surface area (Å²) in [5, 5.41) is 14.5. The summed E-state index contributed by atoms with van der Waals surface area (Å²) in [4.78, 5) is 16.1. The molecule has 5 nitrogen and oxygen atoms in total. The molecule has 1 N–H and O–H groups in total. The Morgan fingerprint density at radius 2 is 2.20 bits per heavy atom. The van der Waals surface area contributed by atoms with Crippen LogP contribution in [0.2, 0.25) is 0 Å². The van der Waals surface area contributed by atoms with E-state index in [0.29, 0.717) is 17.0 Å². The summed E-state index contributed by atoms with van der Waals surface area (Å²) in [5.74, 6) is -0.902. The molecule has 3 rings (SSSR count). The molecule has 0 unspecified atom stereocenters. The molecule has 0 radical (unpaired) electrons. The molecule has 0 saturated heterocycles. The third-order valence-electron chi connectivity index (χ3n) is 4.03. The van der Waals surface area contributed by atoms with Gasteiger partial charge in [-0.1, -0.05) is 26.2 Å². The first-order valence-corrected chi connectivity index (χ1v) is 7.31. The minimum atomic E-state index is -0.902. The summed E-state index contributed by atoms with van der Waals surface area (Å²) < 4.78 is 1.94. The zero-order chi connectivity index (χ0) is 14.1. The number of rotatable bonds is 4. The van der Waals surface area contributed by atoms with Gasteiger partial charge in [-0.25, -0.2) is 14.5 Å². The van der Waals surface area contributed by atoms with Gasteiger partial charge in [0.2, 0.25) is 0 Å². The van der Waals surface area contributed by atoms with Gasteiger partial charge in [0.1, 0.15) is 0 Å². The third-order valence-corrected chi connectivity index (χ3v) is 4.03. The summed E-state index contributed by atoms with van der Waals surface area (Å²) in [7, 11) is 0. The van der Waals surface area contributed by atoms with Crippen molar-refractivity contribution in [2.45, 2.75) is 51.5 Å². The van der Waals surface area contributed by atoms with E-state index in [4.69, 9.17) is 0 Å². The van der Waals surface area contributed by atoms with E-state index in [1.807, 2.05) is 4.68 Å². The number of aromatic carboxylic acids is 1. The lowest BCUT2D eigenvalue weighted by Gasteiger charge is -2.11. The summed E-state index contributed by atoms with van der Waals surface area (Å²) in [6.07, 6.45) is 8.05. The predicted molar refractivity (Wildman–Crippen MR) is 76.0 cm³/mol.